The number of Topliss-reactive ketones (excluding diaryl/α,β-unsaturated/α-hetero) is 3. The first-order chi connectivity index (χ1) is 28.6. The maximum atomic E-state index is 13.4. The minimum Gasteiger partial charge on any atom is -0.357 e. The van der Waals surface area contributed by atoms with Gasteiger partial charge in [-0.1, -0.05) is 0 Å². The molecular weight excluding hydrogens is 773 g/mol. The van der Waals surface area contributed by atoms with Crippen LogP contribution in [0.15, 0.2) is 67.8 Å². The molecule has 0 aliphatic carbocycles. The van der Waals surface area contributed by atoms with Gasteiger partial charge in [-0.05, 0) is 41.3 Å². The monoisotopic (exact) mass is 820 g/mol. The van der Waals surface area contributed by atoms with E-state index < -0.39 is 23.8 Å². The van der Waals surface area contributed by atoms with Gasteiger partial charge < -0.3 is 49.1 Å². The Morgan fingerprint density at radius 3 is 1.72 bits per heavy atom. The second-order valence-electron chi connectivity index (χ2n) is 14.6. The molecule has 0 aromatic carbocycles. The minimum atomic E-state index is -0.696. The van der Waals surface area contributed by atoms with Crippen LogP contribution < -0.4 is 27.0 Å². The van der Waals surface area contributed by atoms with E-state index in [1.165, 1.54) is 27.7 Å². The first-order valence-electron chi connectivity index (χ1n) is 19.0. The Morgan fingerprint density at radius 2 is 1.18 bits per heavy atom. The van der Waals surface area contributed by atoms with E-state index >= 15 is 0 Å². The zero-order chi connectivity index (χ0) is 43.2. The molecule has 20 heteroatoms. The number of imidazole rings is 3. The molecule has 6 rings (SSSR count). The number of amides is 3. The van der Waals surface area contributed by atoms with Gasteiger partial charge in [0, 0.05) is 124 Å². The Kier molecular flexibility index (Phi) is 12.8. The van der Waals surface area contributed by atoms with Crippen LogP contribution in [0, 0.1) is 0 Å². The number of hydrogen-bond acceptors (Lipinski definition) is 11. The quantitative estimate of drug-likeness (QED) is 0.0572. The van der Waals surface area contributed by atoms with E-state index in [-0.39, 0.29) is 85.4 Å². The van der Waals surface area contributed by atoms with E-state index in [1.54, 1.807) is 79.7 Å². The molecule has 1 atom stereocenters. The minimum absolute atomic E-state index is 0.00909. The fourth-order valence-electron chi connectivity index (χ4n) is 6.89. The fourth-order valence-corrected chi connectivity index (χ4v) is 6.89. The van der Waals surface area contributed by atoms with Crippen LogP contribution in [-0.4, -0.2) is 96.7 Å². The summed E-state index contributed by atoms with van der Waals surface area (Å²) in [6.45, 7) is 0.120. The van der Waals surface area contributed by atoms with Gasteiger partial charge in [0.1, 0.15) is 0 Å². The molecule has 6 aromatic heterocycles. The first-order valence-corrected chi connectivity index (χ1v) is 19.0. The van der Waals surface area contributed by atoms with Crippen molar-refractivity contribution in [1.29, 1.82) is 0 Å². The van der Waals surface area contributed by atoms with E-state index in [2.05, 4.69) is 36.2 Å². The molecule has 0 aliphatic heterocycles. The summed E-state index contributed by atoms with van der Waals surface area (Å²) in [5.41, 5.74) is 8.97. The topological polar surface area (TPSA) is 245 Å². The van der Waals surface area contributed by atoms with Crippen molar-refractivity contribution in [2.45, 2.75) is 31.7 Å². The van der Waals surface area contributed by atoms with E-state index in [0.29, 0.717) is 22.5 Å². The molecule has 6 aromatic rings. The van der Waals surface area contributed by atoms with Crippen LogP contribution in [0.2, 0.25) is 0 Å². The summed E-state index contributed by atoms with van der Waals surface area (Å²) < 4.78 is 9.73. The summed E-state index contributed by atoms with van der Waals surface area (Å²) in [6, 6.07) is 4.65. The van der Waals surface area contributed by atoms with Gasteiger partial charge in [-0.25, -0.2) is 15.0 Å². The van der Waals surface area contributed by atoms with Crippen LogP contribution in [0.3, 0.4) is 0 Å². The maximum absolute atomic E-state index is 13.4. The van der Waals surface area contributed by atoms with Gasteiger partial charge >= 0.3 is 0 Å². The summed E-state index contributed by atoms with van der Waals surface area (Å²) >= 11 is 0. The van der Waals surface area contributed by atoms with Crippen LogP contribution >= 0.6 is 0 Å². The zero-order valence-corrected chi connectivity index (χ0v) is 34.2. The number of carbonyl (C=O) groups is 6. The maximum Gasteiger partial charge on any atom is 0.292 e. The number of aromatic nitrogens is 9. The molecule has 0 radical (unpaired) electrons. The molecule has 60 heavy (non-hydrogen) atoms. The third kappa shape index (κ3) is 9.91. The standard InChI is InChI=1S/C40H48N14O6/c1-49-11-8-24(18-49)15-31(56)28-14-26(20-52(28)4)17-32(57)29-13-25(19-51(29)3)16-30(55)27(44-23-41)7-9-43-38(58)36-45-33(21-53(36)5)48-40(60)37-46-34(22-54(37)6)47-39(59)35-42-10-12-50(35)2/h8,10-14,18-22,27,44H,7,9,15-17,23,41H2,1-6H3,(H,43,58)(H,47,59)(H,48,60). The van der Waals surface area contributed by atoms with Crippen molar-refractivity contribution >= 4 is 46.7 Å². The fraction of sp³-hybridized carbons (Fsp3) is 0.325. The largest absolute Gasteiger partial charge is 0.357 e. The third-order valence-corrected chi connectivity index (χ3v) is 9.83. The predicted molar refractivity (Wildman–Crippen MR) is 219 cm³/mol. The number of anilines is 2. The molecule has 6 N–H and O–H groups in total. The van der Waals surface area contributed by atoms with Crippen molar-refractivity contribution in [2.75, 3.05) is 23.8 Å². The smallest absolute Gasteiger partial charge is 0.292 e. The summed E-state index contributed by atoms with van der Waals surface area (Å²) in [7, 11) is 10.3. The highest BCUT2D eigenvalue weighted by molar-refractivity contribution is 6.04. The molecule has 314 valence electrons. The highest BCUT2D eigenvalue weighted by Gasteiger charge is 2.24. The number of nitrogens with two attached hydrogens (primary N) is 1. The predicted octanol–water partition coefficient (Wildman–Crippen LogP) is 1.06. The Balaban J connectivity index is 0.995. The van der Waals surface area contributed by atoms with Gasteiger partial charge in [-0.2, -0.15) is 0 Å². The molecule has 0 fully saturated rings. The molecule has 0 saturated carbocycles. The average molecular weight is 821 g/mol. The van der Waals surface area contributed by atoms with Crippen LogP contribution in [-0.2, 0) is 66.3 Å². The normalized spacial score (nSPS) is 11.7. The number of nitrogens with one attached hydrogen (secondary N) is 4. The molecule has 6 heterocycles. The third-order valence-electron chi connectivity index (χ3n) is 9.83. The lowest BCUT2D eigenvalue weighted by atomic mass is 10.0. The Morgan fingerprint density at radius 1 is 0.633 bits per heavy atom. The van der Waals surface area contributed by atoms with Crippen LogP contribution in [0.25, 0.3) is 0 Å². The van der Waals surface area contributed by atoms with Gasteiger partial charge in [-0.3, -0.25) is 34.1 Å². The van der Waals surface area contributed by atoms with Crippen molar-refractivity contribution < 1.29 is 28.8 Å². The molecule has 0 aliphatic rings. The van der Waals surface area contributed by atoms with Gasteiger partial charge in [0.2, 0.25) is 11.6 Å². The molecule has 20 nitrogen and oxygen atoms in total. The number of rotatable bonds is 19. The molecule has 0 saturated heterocycles. The summed E-state index contributed by atoms with van der Waals surface area (Å²) in [4.78, 5) is 91.0. The second kappa shape index (κ2) is 18.2. The highest BCUT2D eigenvalue weighted by atomic mass is 16.2. The van der Waals surface area contributed by atoms with Crippen LogP contribution in [0.1, 0.15) is 75.9 Å². The van der Waals surface area contributed by atoms with Gasteiger partial charge in [-0.15, -0.1) is 0 Å². The van der Waals surface area contributed by atoms with Crippen molar-refractivity contribution in [3.63, 3.8) is 0 Å². The molecule has 1 unspecified atom stereocenters. The summed E-state index contributed by atoms with van der Waals surface area (Å²) in [5, 5.41) is 11.0. The zero-order valence-electron chi connectivity index (χ0n) is 34.2. The number of aryl methyl sites for hydroxylation is 6. The van der Waals surface area contributed by atoms with E-state index in [1.807, 2.05) is 30.1 Å². The van der Waals surface area contributed by atoms with Crippen molar-refractivity contribution in [1.82, 2.24) is 53.0 Å². The molecule has 3 amide bonds. The van der Waals surface area contributed by atoms with E-state index in [4.69, 9.17) is 5.73 Å². The number of nitrogens with zero attached hydrogens (tertiary/aromatic N) is 9. The number of hydrogen-bond donors (Lipinski definition) is 5. The van der Waals surface area contributed by atoms with Gasteiger partial charge in [0.25, 0.3) is 17.7 Å². The van der Waals surface area contributed by atoms with E-state index in [0.717, 1.165) is 5.56 Å². The SMILES string of the molecule is Cn1ccc(CC(=O)c2cc(CC(=O)c3cc(CC(=O)C(CCNC(=O)c4nc(NC(=O)c5nc(NC(=O)c6nccn6C)cn5C)cn4C)NCN)cn3C)cn2C)c1. The van der Waals surface area contributed by atoms with Crippen molar-refractivity contribution in [3.05, 3.63) is 113 Å². The average Bonchev–Trinajstić information content (AvgIpc) is 4.05. The van der Waals surface area contributed by atoms with Crippen LogP contribution in [0.5, 0.6) is 0 Å². The lowest BCUT2D eigenvalue weighted by Crippen LogP contribution is -2.43. The number of carbonyl (C=O) groups excluding carboxylic acids is 6. The van der Waals surface area contributed by atoms with E-state index in [9.17, 15) is 28.8 Å². The second-order valence-corrected chi connectivity index (χ2v) is 14.6. The van der Waals surface area contributed by atoms with Gasteiger partial charge in [0.15, 0.2) is 34.8 Å². The Labute approximate surface area is 344 Å². The summed E-state index contributed by atoms with van der Waals surface area (Å²) in [6.07, 6.45) is 13.9. The first kappa shape index (κ1) is 42.4. The Hall–Kier alpha value is -7.19. The molecule has 0 bridgehead atoms. The molecular formula is C40H48N14O6. The lowest BCUT2D eigenvalue weighted by molar-refractivity contribution is -0.120. The lowest BCUT2D eigenvalue weighted by Gasteiger charge is -2.16. The van der Waals surface area contributed by atoms with Crippen molar-refractivity contribution in [2.24, 2.45) is 48.0 Å². The summed E-state index contributed by atoms with van der Waals surface area (Å²) in [5.74, 6) is -1.64. The van der Waals surface area contributed by atoms with Crippen molar-refractivity contribution in [3.8, 4) is 0 Å². The number of ketones is 3. The van der Waals surface area contributed by atoms with Gasteiger partial charge in [0.05, 0.1) is 17.4 Å². The van der Waals surface area contributed by atoms with Crippen LogP contribution in [0.4, 0.5) is 11.6 Å². The Bertz CT molecular complexity index is 2580. The molecule has 0 spiro atoms. The highest BCUT2D eigenvalue weighted by Crippen LogP contribution is 2.18.